The first-order chi connectivity index (χ1) is 30.5. The molecule has 0 aliphatic heterocycles. The molecule has 3 unspecified atom stereocenters. The number of amides is 1. The molecule has 1 amide bonds. The number of rotatable bonds is 45. The Morgan fingerprint density at radius 3 is 1.35 bits per heavy atom. The van der Waals surface area contributed by atoms with Crippen molar-refractivity contribution in [2.24, 2.45) is 0 Å². The topological polar surface area (TPSA) is 95.9 Å². The number of esters is 1. The van der Waals surface area contributed by atoms with Gasteiger partial charge in [-0.25, -0.2) is 0 Å². The minimum absolute atomic E-state index is 0.0273. The lowest BCUT2D eigenvalue weighted by atomic mass is 10.0. The molecule has 3 N–H and O–H groups in total. The number of carbonyl (C=O) groups is 2. The van der Waals surface area contributed by atoms with Gasteiger partial charge in [0.05, 0.1) is 25.2 Å². The number of aliphatic hydroxyl groups is 2. The van der Waals surface area contributed by atoms with Crippen molar-refractivity contribution in [1.82, 2.24) is 5.32 Å². The maximum Gasteiger partial charge on any atom is 0.306 e. The first-order valence-electron chi connectivity index (χ1n) is 25.9. The number of ether oxygens (including phenoxy) is 1. The van der Waals surface area contributed by atoms with Gasteiger partial charge in [-0.2, -0.15) is 0 Å². The molecule has 0 aromatic rings. The maximum absolute atomic E-state index is 13.2. The number of hydrogen-bond donors (Lipinski definition) is 3. The summed E-state index contributed by atoms with van der Waals surface area (Å²) in [6.45, 7) is 6.31. The minimum Gasteiger partial charge on any atom is -0.462 e. The zero-order chi connectivity index (χ0) is 45.2. The molecule has 62 heavy (non-hydrogen) atoms. The number of allylic oxidation sites excluding steroid dienone is 14. The van der Waals surface area contributed by atoms with Gasteiger partial charge in [0.1, 0.15) is 6.10 Å². The van der Waals surface area contributed by atoms with Gasteiger partial charge in [-0.05, 0) is 64.2 Å². The van der Waals surface area contributed by atoms with Crippen LogP contribution in [0.3, 0.4) is 0 Å². The Labute approximate surface area is 383 Å². The maximum atomic E-state index is 13.2. The summed E-state index contributed by atoms with van der Waals surface area (Å²) in [7, 11) is 0. The van der Waals surface area contributed by atoms with Gasteiger partial charge in [0.15, 0.2) is 0 Å². The van der Waals surface area contributed by atoms with Gasteiger partial charge in [0.2, 0.25) is 5.91 Å². The highest BCUT2D eigenvalue weighted by atomic mass is 16.5. The Morgan fingerprint density at radius 2 is 0.871 bits per heavy atom. The van der Waals surface area contributed by atoms with Crippen LogP contribution in [-0.4, -0.2) is 46.9 Å². The zero-order valence-corrected chi connectivity index (χ0v) is 40.5. The van der Waals surface area contributed by atoms with Crippen LogP contribution in [0.4, 0.5) is 0 Å². The highest BCUT2D eigenvalue weighted by Crippen LogP contribution is 2.17. The zero-order valence-electron chi connectivity index (χ0n) is 40.5. The average Bonchev–Trinajstić information content (AvgIpc) is 3.26. The Morgan fingerprint density at radius 1 is 0.484 bits per heavy atom. The second-order valence-corrected chi connectivity index (χ2v) is 17.3. The third-order valence-corrected chi connectivity index (χ3v) is 11.4. The van der Waals surface area contributed by atoms with Crippen molar-refractivity contribution < 1.29 is 24.5 Å². The van der Waals surface area contributed by atoms with Crippen molar-refractivity contribution in [3.05, 3.63) is 85.1 Å². The second-order valence-electron chi connectivity index (χ2n) is 17.3. The van der Waals surface area contributed by atoms with Crippen LogP contribution < -0.4 is 5.32 Å². The van der Waals surface area contributed by atoms with E-state index in [1.807, 2.05) is 54.7 Å². The molecule has 6 heteroatoms. The molecule has 0 bridgehead atoms. The van der Waals surface area contributed by atoms with E-state index < -0.39 is 18.2 Å². The van der Waals surface area contributed by atoms with Gasteiger partial charge in [0, 0.05) is 6.42 Å². The third kappa shape index (κ3) is 43.7. The van der Waals surface area contributed by atoms with Gasteiger partial charge < -0.3 is 20.3 Å². The summed E-state index contributed by atoms with van der Waals surface area (Å²) in [6, 6.07) is -0.729. The molecule has 0 fully saturated rings. The van der Waals surface area contributed by atoms with Crippen molar-refractivity contribution in [2.45, 2.75) is 251 Å². The van der Waals surface area contributed by atoms with E-state index in [4.69, 9.17) is 4.74 Å². The summed E-state index contributed by atoms with van der Waals surface area (Å²) in [4.78, 5) is 26.1. The van der Waals surface area contributed by atoms with E-state index in [1.54, 1.807) is 0 Å². The molecule has 0 saturated carbocycles. The van der Waals surface area contributed by atoms with Crippen molar-refractivity contribution in [3.8, 4) is 0 Å². The molecule has 356 valence electrons. The largest absolute Gasteiger partial charge is 0.462 e. The van der Waals surface area contributed by atoms with Gasteiger partial charge >= 0.3 is 5.97 Å². The van der Waals surface area contributed by atoms with Crippen LogP contribution in [0.15, 0.2) is 85.1 Å². The highest BCUT2D eigenvalue weighted by Gasteiger charge is 2.24. The first-order valence-corrected chi connectivity index (χ1v) is 25.9. The summed E-state index contributed by atoms with van der Waals surface area (Å²) in [5, 5.41) is 23.8. The molecule has 0 aliphatic carbocycles. The van der Waals surface area contributed by atoms with Crippen molar-refractivity contribution >= 4 is 11.9 Å². The predicted octanol–water partition coefficient (Wildman–Crippen LogP) is 15.6. The van der Waals surface area contributed by atoms with E-state index in [2.05, 4.69) is 56.5 Å². The van der Waals surface area contributed by atoms with Crippen LogP contribution in [0, 0.1) is 0 Å². The van der Waals surface area contributed by atoms with Gasteiger partial charge in [-0.3, -0.25) is 9.59 Å². The predicted molar refractivity (Wildman–Crippen MR) is 268 cm³/mol. The fourth-order valence-electron chi connectivity index (χ4n) is 7.45. The van der Waals surface area contributed by atoms with Crippen LogP contribution in [0.2, 0.25) is 0 Å². The fraction of sp³-hybridized carbons (Fsp3) is 0.714. The number of carbonyl (C=O) groups excluding carboxylic acids is 2. The van der Waals surface area contributed by atoms with E-state index in [9.17, 15) is 19.8 Å². The Balaban J connectivity index is 4.74. The van der Waals surface area contributed by atoms with Gasteiger partial charge in [0.25, 0.3) is 0 Å². The van der Waals surface area contributed by atoms with Crippen LogP contribution in [0.25, 0.3) is 0 Å². The fourth-order valence-corrected chi connectivity index (χ4v) is 7.45. The van der Waals surface area contributed by atoms with E-state index in [-0.39, 0.29) is 31.3 Å². The minimum atomic E-state index is -0.811. The summed E-state index contributed by atoms with van der Waals surface area (Å²) < 4.78 is 5.88. The summed E-state index contributed by atoms with van der Waals surface area (Å²) in [5.74, 6) is -0.592. The van der Waals surface area contributed by atoms with Crippen molar-refractivity contribution in [1.29, 1.82) is 0 Å². The highest BCUT2D eigenvalue weighted by molar-refractivity contribution is 5.77. The van der Waals surface area contributed by atoms with Gasteiger partial charge in [-0.1, -0.05) is 241 Å². The van der Waals surface area contributed by atoms with Crippen molar-refractivity contribution in [3.63, 3.8) is 0 Å². The lowest BCUT2D eigenvalue weighted by Gasteiger charge is -2.24. The van der Waals surface area contributed by atoms with Crippen LogP contribution in [-0.2, 0) is 14.3 Å². The smallest absolute Gasteiger partial charge is 0.306 e. The number of unbranched alkanes of at least 4 members (excludes halogenated alkanes) is 24. The summed E-state index contributed by atoms with van der Waals surface area (Å²) in [6.07, 6.45) is 63.6. The van der Waals surface area contributed by atoms with Crippen LogP contribution in [0.5, 0.6) is 0 Å². The van der Waals surface area contributed by atoms with E-state index in [1.165, 1.54) is 116 Å². The number of hydrogen-bond acceptors (Lipinski definition) is 5. The molecular formula is C56H97NO5. The monoisotopic (exact) mass is 864 g/mol. The number of nitrogens with one attached hydrogen (secondary N) is 1. The Hall–Kier alpha value is -2.96. The quantitative estimate of drug-likeness (QED) is 0.0322. The summed E-state index contributed by atoms with van der Waals surface area (Å²) >= 11 is 0. The third-order valence-electron chi connectivity index (χ3n) is 11.4. The van der Waals surface area contributed by atoms with E-state index in [0.29, 0.717) is 19.3 Å². The molecule has 0 saturated heterocycles. The lowest BCUT2D eigenvalue weighted by molar-refractivity contribution is -0.151. The van der Waals surface area contributed by atoms with Gasteiger partial charge in [-0.15, -0.1) is 0 Å². The van der Waals surface area contributed by atoms with Crippen LogP contribution >= 0.6 is 0 Å². The molecule has 0 rings (SSSR count). The second kappa shape index (κ2) is 49.1. The van der Waals surface area contributed by atoms with E-state index in [0.717, 1.165) is 64.2 Å². The van der Waals surface area contributed by atoms with E-state index >= 15 is 0 Å². The molecular weight excluding hydrogens is 767 g/mol. The molecule has 0 heterocycles. The lowest BCUT2D eigenvalue weighted by Crippen LogP contribution is -2.46. The number of aliphatic hydroxyl groups excluding tert-OH is 2. The standard InChI is InChI=1S/C56H97NO5/c1-4-7-10-13-16-19-22-25-27-28-30-32-35-38-41-44-47-52(62-56(61)49-46-43-40-37-34-29-24-21-18-15-12-9-6-3)50-55(60)57-53(51-58)54(59)48-45-42-39-36-33-31-26-23-20-17-14-11-8-5-2/h9,12,15,18,21,24,27-30,32,34,37,40,52-54,58-59H,4-8,10-11,13-14,16-17,19-20,22-23,25-26,31,33,35-36,38-39,41-51H2,1-3H3,(H,57,60)/b12-9+,18-15+,24-21-,28-27+,32-30+,34-29-,40-37+. The molecule has 0 spiro atoms. The molecule has 6 nitrogen and oxygen atoms in total. The van der Waals surface area contributed by atoms with Crippen molar-refractivity contribution in [2.75, 3.05) is 6.61 Å². The normalized spacial score (nSPS) is 14.0. The molecule has 0 aromatic carbocycles. The molecule has 0 aliphatic rings. The molecule has 3 atom stereocenters. The Kier molecular flexibility index (Phi) is 46.7. The molecule has 0 radical (unpaired) electrons. The first kappa shape index (κ1) is 59.0. The average molecular weight is 864 g/mol. The molecule has 0 aromatic heterocycles. The summed E-state index contributed by atoms with van der Waals surface area (Å²) in [5.41, 5.74) is 0. The Bertz CT molecular complexity index is 1200. The van der Waals surface area contributed by atoms with Crippen LogP contribution in [0.1, 0.15) is 233 Å². The SMILES string of the molecule is CC/C=C/C=C/C=C\C=C/C=C/CCCC(=O)OC(CCCCC/C=C/C=C/CCCCCCCCC)CC(=O)NC(CO)C(O)CCCCCCCCCCCCCCCC.